The molecule has 7 heteroatoms. The molecule has 0 unspecified atom stereocenters. The highest BCUT2D eigenvalue weighted by molar-refractivity contribution is 7.89. The van der Waals surface area contributed by atoms with E-state index in [1.54, 1.807) is 57.4 Å². The SMILES string of the molecule is CCN(CC)S(=O)(=O)c1cccc(C(=O)Nc2ccc(OC)cc2)c1. The predicted octanol–water partition coefficient (Wildman–Crippen LogP) is 2.98. The van der Waals surface area contributed by atoms with E-state index in [4.69, 9.17) is 4.74 Å². The minimum Gasteiger partial charge on any atom is -0.497 e. The number of amides is 1. The predicted molar refractivity (Wildman–Crippen MR) is 97.5 cm³/mol. The van der Waals surface area contributed by atoms with Crippen molar-refractivity contribution in [1.29, 1.82) is 0 Å². The maximum absolute atomic E-state index is 12.6. The van der Waals surface area contributed by atoms with Crippen LogP contribution in [0.25, 0.3) is 0 Å². The molecule has 0 aliphatic carbocycles. The van der Waals surface area contributed by atoms with E-state index >= 15 is 0 Å². The Kier molecular flexibility index (Phi) is 6.17. The van der Waals surface area contributed by atoms with Crippen LogP contribution in [0, 0.1) is 0 Å². The molecule has 0 atom stereocenters. The van der Waals surface area contributed by atoms with E-state index in [1.165, 1.54) is 16.4 Å². The Bertz CT molecular complexity index is 828. The van der Waals surface area contributed by atoms with Gasteiger partial charge in [0.25, 0.3) is 5.91 Å². The summed E-state index contributed by atoms with van der Waals surface area (Å²) in [5, 5.41) is 2.74. The van der Waals surface area contributed by atoms with Gasteiger partial charge in [-0.3, -0.25) is 4.79 Å². The molecule has 1 amide bonds. The third kappa shape index (κ3) is 4.37. The van der Waals surface area contributed by atoms with Gasteiger partial charge in [-0.25, -0.2) is 8.42 Å². The van der Waals surface area contributed by atoms with Crippen LogP contribution in [-0.4, -0.2) is 38.8 Å². The van der Waals surface area contributed by atoms with E-state index in [-0.39, 0.29) is 16.4 Å². The lowest BCUT2D eigenvalue weighted by Crippen LogP contribution is -2.30. The fourth-order valence-corrected chi connectivity index (χ4v) is 3.89. The lowest BCUT2D eigenvalue weighted by molar-refractivity contribution is 0.102. The van der Waals surface area contributed by atoms with Crippen molar-refractivity contribution in [2.24, 2.45) is 0 Å². The first-order chi connectivity index (χ1) is 11.9. The minimum absolute atomic E-state index is 0.110. The zero-order valence-corrected chi connectivity index (χ0v) is 15.3. The molecule has 2 aromatic rings. The maximum Gasteiger partial charge on any atom is 0.255 e. The molecule has 2 aromatic carbocycles. The molecule has 0 aromatic heterocycles. The van der Waals surface area contributed by atoms with E-state index in [0.29, 0.717) is 24.5 Å². The van der Waals surface area contributed by atoms with Crippen molar-refractivity contribution in [3.05, 3.63) is 54.1 Å². The van der Waals surface area contributed by atoms with Crippen LogP contribution in [0.15, 0.2) is 53.4 Å². The zero-order chi connectivity index (χ0) is 18.4. The van der Waals surface area contributed by atoms with E-state index in [2.05, 4.69) is 5.32 Å². The fraction of sp³-hybridized carbons (Fsp3) is 0.278. The summed E-state index contributed by atoms with van der Waals surface area (Å²) in [6.07, 6.45) is 0. The average molecular weight is 362 g/mol. The van der Waals surface area contributed by atoms with E-state index in [9.17, 15) is 13.2 Å². The van der Waals surface area contributed by atoms with Crippen molar-refractivity contribution in [3.8, 4) is 5.75 Å². The van der Waals surface area contributed by atoms with Crippen LogP contribution >= 0.6 is 0 Å². The van der Waals surface area contributed by atoms with Gasteiger partial charge in [-0.05, 0) is 42.5 Å². The fourth-order valence-electron chi connectivity index (χ4n) is 2.39. The normalized spacial score (nSPS) is 11.4. The van der Waals surface area contributed by atoms with Crippen molar-refractivity contribution in [3.63, 3.8) is 0 Å². The smallest absolute Gasteiger partial charge is 0.255 e. The van der Waals surface area contributed by atoms with Crippen LogP contribution in [0.2, 0.25) is 0 Å². The number of hydrogen-bond donors (Lipinski definition) is 1. The van der Waals surface area contributed by atoms with Crippen molar-refractivity contribution in [2.45, 2.75) is 18.7 Å². The number of sulfonamides is 1. The molecule has 2 rings (SSSR count). The van der Waals surface area contributed by atoms with Gasteiger partial charge >= 0.3 is 0 Å². The van der Waals surface area contributed by atoms with Crippen LogP contribution in [0.4, 0.5) is 5.69 Å². The molecule has 0 radical (unpaired) electrons. The van der Waals surface area contributed by atoms with E-state index in [1.807, 2.05) is 0 Å². The second-order valence-corrected chi connectivity index (χ2v) is 7.24. The van der Waals surface area contributed by atoms with Gasteiger partial charge in [-0.15, -0.1) is 0 Å². The standard InChI is InChI=1S/C18H22N2O4S/c1-4-20(5-2)25(22,23)17-8-6-7-14(13-17)18(21)19-15-9-11-16(24-3)12-10-15/h6-13H,4-5H2,1-3H3,(H,19,21). The highest BCUT2D eigenvalue weighted by Gasteiger charge is 2.22. The Morgan fingerprint density at radius 1 is 1.08 bits per heavy atom. The van der Waals surface area contributed by atoms with Crippen molar-refractivity contribution >= 4 is 21.6 Å². The van der Waals surface area contributed by atoms with Crippen LogP contribution in [0.1, 0.15) is 24.2 Å². The average Bonchev–Trinajstić information content (AvgIpc) is 2.63. The minimum atomic E-state index is -3.60. The summed E-state index contributed by atoms with van der Waals surface area (Å²) in [5.41, 5.74) is 0.881. The summed E-state index contributed by atoms with van der Waals surface area (Å²) >= 11 is 0. The maximum atomic E-state index is 12.6. The van der Waals surface area contributed by atoms with Gasteiger partial charge in [0, 0.05) is 24.3 Å². The molecule has 0 saturated carbocycles. The molecule has 0 fully saturated rings. The van der Waals surface area contributed by atoms with E-state index in [0.717, 1.165) is 0 Å². The summed E-state index contributed by atoms with van der Waals surface area (Å²) in [5.74, 6) is 0.312. The number of carbonyl (C=O) groups excluding carboxylic acids is 1. The molecule has 6 nitrogen and oxygen atoms in total. The zero-order valence-electron chi connectivity index (χ0n) is 14.5. The van der Waals surface area contributed by atoms with Gasteiger partial charge < -0.3 is 10.1 Å². The number of methoxy groups -OCH3 is 1. The molecule has 0 bridgehead atoms. The van der Waals surface area contributed by atoms with Gasteiger partial charge in [0.05, 0.1) is 12.0 Å². The first kappa shape index (κ1) is 19.0. The molecule has 25 heavy (non-hydrogen) atoms. The van der Waals surface area contributed by atoms with Crippen LogP contribution in [-0.2, 0) is 10.0 Å². The molecular formula is C18H22N2O4S. The van der Waals surface area contributed by atoms with E-state index < -0.39 is 10.0 Å². The topological polar surface area (TPSA) is 75.7 Å². The Morgan fingerprint density at radius 3 is 2.28 bits per heavy atom. The van der Waals surface area contributed by atoms with Crippen LogP contribution < -0.4 is 10.1 Å². The quantitative estimate of drug-likeness (QED) is 0.822. The molecule has 0 aliphatic heterocycles. The van der Waals surface area contributed by atoms with Gasteiger partial charge in [0.15, 0.2) is 0 Å². The van der Waals surface area contributed by atoms with Crippen LogP contribution in [0.3, 0.4) is 0 Å². The molecule has 0 saturated heterocycles. The Balaban J connectivity index is 2.23. The first-order valence-corrected chi connectivity index (χ1v) is 9.42. The summed E-state index contributed by atoms with van der Waals surface area (Å²) < 4.78 is 31.6. The highest BCUT2D eigenvalue weighted by atomic mass is 32.2. The molecule has 0 spiro atoms. The Hall–Kier alpha value is -2.38. The number of ether oxygens (including phenoxy) is 1. The second-order valence-electron chi connectivity index (χ2n) is 5.30. The molecule has 0 aliphatic rings. The highest BCUT2D eigenvalue weighted by Crippen LogP contribution is 2.19. The van der Waals surface area contributed by atoms with Gasteiger partial charge in [-0.1, -0.05) is 19.9 Å². The van der Waals surface area contributed by atoms with Crippen molar-refractivity contribution in [2.75, 3.05) is 25.5 Å². The van der Waals surface area contributed by atoms with Crippen molar-refractivity contribution in [1.82, 2.24) is 4.31 Å². The third-order valence-electron chi connectivity index (χ3n) is 3.79. The lowest BCUT2D eigenvalue weighted by atomic mass is 10.2. The molecule has 0 heterocycles. The Morgan fingerprint density at radius 2 is 1.72 bits per heavy atom. The Labute approximate surface area is 148 Å². The third-order valence-corrected chi connectivity index (χ3v) is 5.83. The van der Waals surface area contributed by atoms with Gasteiger partial charge in [-0.2, -0.15) is 4.31 Å². The lowest BCUT2D eigenvalue weighted by Gasteiger charge is -2.18. The van der Waals surface area contributed by atoms with Gasteiger partial charge in [0.1, 0.15) is 5.75 Å². The number of nitrogens with zero attached hydrogens (tertiary/aromatic N) is 1. The summed E-state index contributed by atoms with van der Waals surface area (Å²) in [4.78, 5) is 12.5. The van der Waals surface area contributed by atoms with Gasteiger partial charge in [0.2, 0.25) is 10.0 Å². The summed E-state index contributed by atoms with van der Waals surface area (Å²) in [6.45, 7) is 4.31. The first-order valence-electron chi connectivity index (χ1n) is 7.98. The molecular weight excluding hydrogens is 340 g/mol. The number of carbonyl (C=O) groups is 1. The number of benzene rings is 2. The number of anilines is 1. The number of nitrogens with one attached hydrogen (secondary N) is 1. The number of rotatable bonds is 7. The monoisotopic (exact) mass is 362 g/mol. The van der Waals surface area contributed by atoms with Crippen molar-refractivity contribution < 1.29 is 17.9 Å². The van der Waals surface area contributed by atoms with Crippen LogP contribution in [0.5, 0.6) is 5.75 Å². The number of hydrogen-bond acceptors (Lipinski definition) is 4. The summed E-state index contributed by atoms with van der Waals surface area (Å²) in [7, 11) is -2.04. The molecule has 1 N–H and O–H groups in total. The summed E-state index contributed by atoms with van der Waals surface area (Å²) in [6, 6.07) is 12.9. The largest absolute Gasteiger partial charge is 0.497 e. The second kappa shape index (κ2) is 8.13. The molecule has 134 valence electrons.